The molecule has 4 nitrogen and oxygen atoms in total. The molecule has 8 heteroatoms. The molecular formula is C19H18BrF3N2O2. The molecular weight excluding hydrogens is 425 g/mol. The van der Waals surface area contributed by atoms with Crippen LogP contribution < -0.4 is 10.2 Å². The van der Waals surface area contributed by atoms with Gasteiger partial charge in [0, 0.05) is 5.56 Å². The van der Waals surface area contributed by atoms with E-state index < -0.39 is 17.6 Å². The van der Waals surface area contributed by atoms with Crippen LogP contribution in [0.4, 0.5) is 13.2 Å². The minimum absolute atomic E-state index is 0.141. The second-order valence-corrected chi connectivity index (χ2v) is 6.87. The maximum absolute atomic E-state index is 12.9. The third kappa shape index (κ3) is 6.09. The molecule has 0 fully saturated rings. The van der Waals surface area contributed by atoms with Crippen molar-refractivity contribution in [3.63, 3.8) is 0 Å². The predicted molar refractivity (Wildman–Crippen MR) is 101 cm³/mol. The van der Waals surface area contributed by atoms with Gasteiger partial charge in [-0.25, -0.2) is 5.43 Å². The molecule has 1 amide bonds. The molecule has 2 rings (SSSR count). The number of hydrogen-bond acceptors (Lipinski definition) is 3. The minimum atomic E-state index is -4.50. The molecule has 0 saturated heterocycles. The molecule has 2 aromatic carbocycles. The Balaban J connectivity index is 1.93. The summed E-state index contributed by atoms with van der Waals surface area (Å²) in [4.78, 5) is 11.8. The molecule has 0 saturated carbocycles. The Morgan fingerprint density at radius 1 is 1.26 bits per heavy atom. The fourth-order valence-corrected chi connectivity index (χ4v) is 2.72. The third-order valence-corrected chi connectivity index (χ3v) is 4.26. The van der Waals surface area contributed by atoms with Gasteiger partial charge in [-0.05, 0) is 45.6 Å². The van der Waals surface area contributed by atoms with E-state index in [1.807, 2.05) is 12.1 Å². The van der Waals surface area contributed by atoms with Crippen molar-refractivity contribution in [3.05, 3.63) is 63.6 Å². The van der Waals surface area contributed by atoms with E-state index in [2.05, 4.69) is 40.3 Å². The van der Waals surface area contributed by atoms with Gasteiger partial charge in [0.2, 0.25) is 0 Å². The lowest BCUT2D eigenvalue weighted by atomic mass is 10.0. The average molecular weight is 443 g/mol. The number of halogens is 4. The number of amides is 1. The average Bonchev–Trinajstić information content (AvgIpc) is 2.60. The number of hydrogen-bond donors (Lipinski definition) is 1. The number of nitrogens with one attached hydrogen (secondary N) is 1. The molecule has 144 valence electrons. The number of alkyl halides is 3. The summed E-state index contributed by atoms with van der Waals surface area (Å²) in [6.45, 7) is 3.80. The molecule has 0 bridgehead atoms. The van der Waals surface area contributed by atoms with Gasteiger partial charge in [0.1, 0.15) is 5.75 Å². The Bertz CT molecular complexity index is 836. The molecule has 2 aromatic rings. The van der Waals surface area contributed by atoms with Gasteiger partial charge < -0.3 is 4.74 Å². The van der Waals surface area contributed by atoms with Crippen LogP contribution in [0.25, 0.3) is 0 Å². The van der Waals surface area contributed by atoms with Gasteiger partial charge in [-0.15, -0.1) is 0 Å². The quantitative estimate of drug-likeness (QED) is 0.498. The fraction of sp³-hybridized carbons (Fsp3) is 0.263. The van der Waals surface area contributed by atoms with Gasteiger partial charge >= 0.3 is 6.18 Å². The van der Waals surface area contributed by atoms with Crippen LogP contribution in [0.15, 0.2) is 52.0 Å². The molecule has 0 aromatic heterocycles. The van der Waals surface area contributed by atoms with Crippen LogP contribution in [0.5, 0.6) is 5.75 Å². The van der Waals surface area contributed by atoms with Crippen molar-refractivity contribution in [2.24, 2.45) is 5.10 Å². The summed E-state index contributed by atoms with van der Waals surface area (Å²) in [5, 5.41) is 3.57. The van der Waals surface area contributed by atoms with Gasteiger partial charge in [-0.1, -0.05) is 38.1 Å². The zero-order valence-electron chi connectivity index (χ0n) is 14.7. The van der Waals surface area contributed by atoms with Crippen LogP contribution in [-0.4, -0.2) is 18.7 Å². The lowest BCUT2D eigenvalue weighted by Crippen LogP contribution is -2.24. The number of ether oxygens (including phenoxy) is 1. The fourth-order valence-electron chi connectivity index (χ4n) is 2.21. The molecule has 0 heterocycles. The first-order valence-electron chi connectivity index (χ1n) is 8.09. The van der Waals surface area contributed by atoms with Gasteiger partial charge in [-0.3, -0.25) is 4.79 Å². The minimum Gasteiger partial charge on any atom is -0.483 e. The number of rotatable bonds is 6. The maximum atomic E-state index is 12.9. The molecule has 0 aliphatic heterocycles. The number of carbonyl (C=O) groups excluding carboxylic acids is 1. The molecule has 0 radical (unpaired) electrons. The molecule has 0 aliphatic rings. The van der Waals surface area contributed by atoms with Gasteiger partial charge in [0.05, 0.1) is 16.3 Å². The first-order valence-corrected chi connectivity index (χ1v) is 8.88. The largest absolute Gasteiger partial charge is 0.483 e. The van der Waals surface area contributed by atoms with Crippen LogP contribution in [0.3, 0.4) is 0 Å². The smallest absolute Gasteiger partial charge is 0.417 e. The summed E-state index contributed by atoms with van der Waals surface area (Å²) in [5.41, 5.74) is 2.30. The molecule has 0 atom stereocenters. The molecule has 27 heavy (non-hydrogen) atoms. The van der Waals surface area contributed by atoms with Crippen LogP contribution in [0.2, 0.25) is 0 Å². The van der Waals surface area contributed by atoms with Crippen LogP contribution in [0, 0.1) is 0 Å². The zero-order valence-corrected chi connectivity index (χ0v) is 16.3. The van der Waals surface area contributed by atoms with Gasteiger partial charge in [0.15, 0.2) is 6.61 Å². The van der Waals surface area contributed by atoms with Crippen LogP contribution in [0.1, 0.15) is 36.5 Å². The van der Waals surface area contributed by atoms with E-state index >= 15 is 0 Å². The SMILES string of the molecule is CC(C)c1ccc(OCC(=O)N/N=C/c2ccccc2C(F)(F)F)c(Br)c1. The number of hydrazone groups is 1. The van der Waals surface area contributed by atoms with E-state index in [4.69, 9.17) is 4.74 Å². The van der Waals surface area contributed by atoms with Crippen LogP contribution in [-0.2, 0) is 11.0 Å². The highest BCUT2D eigenvalue weighted by atomic mass is 79.9. The molecule has 0 aliphatic carbocycles. The van der Waals surface area contributed by atoms with E-state index in [9.17, 15) is 18.0 Å². The Morgan fingerprint density at radius 2 is 1.96 bits per heavy atom. The maximum Gasteiger partial charge on any atom is 0.417 e. The highest BCUT2D eigenvalue weighted by Gasteiger charge is 2.32. The van der Waals surface area contributed by atoms with Gasteiger partial charge in [0.25, 0.3) is 5.91 Å². The topological polar surface area (TPSA) is 50.7 Å². The third-order valence-electron chi connectivity index (χ3n) is 3.64. The van der Waals surface area contributed by atoms with Crippen molar-refractivity contribution in [2.75, 3.05) is 6.61 Å². The summed E-state index contributed by atoms with van der Waals surface area (Å²) >= 11 is 3.38. The lowest BCUT2D eigenvalue weighted by molar-refractivity contribution is -0.137. The summed E-state index contributed by atoms with van der Waals surface area (Å²) in [6.07, 6.45) is -3.54. The summed E-state index contributed by atoms with van der Waals surface area (Å²) in [5.74, 6) is 0.254. The summed E-state index contributed by atoms with van der Waals surface area (Å²) in [6, 6.07) is 10.5. The Morgan fingerprint density at radius 3 is 2.59 bits per heavy atom. The standard InChI is InChI=1S/C19H18BrF3N2O2/c1-12(2)13-7-8-17(16(20)9-13)27-11-18(26)25-24-10-14-5-3-4-6-15(14)19(21,22)23/h3-10,12H,11H2,1-2H3,(H,25,26)/b24-10+. The van der Waals surface area contributed by atoms with E-state index in [0.717, 1.165) is 17.8 Å². The Kier molecular flexibility index (Phi) is 7.01. The Labute approximate surface area is 163 Å². The number of benzene rings is 2. The Hall–Kier alpha value is -2.35. The van der Waals surface area contributed by atoms with Crippen LogP contribution >= 0.6 is 15.9 Å². The summed E-state index contributed by atoms with van der Waals surface area (Å²) in [7, 11) is 0. The van der Waals surface area contributed by atoms with Crippen molar-refractivity contribution in [1.29, 1.82) is 0 Å². The first kappa shape index (κ1) is 21.0. The van der Waals surface area contributed by atoms with Crippen molar-refractivity contribution in [3.8, 4) is 5.75 Å². The first-order chi connectivity index (χ1) is 12.7. The van der Waals surface area contributed by atoms with Crippen molar-refractivity contribution in [1.82, 2.24) is 5.43 Å². The van der Waals surface area contributed by atoms with E-state index in [1.54, 1.807) is 6.07 Å². The lowest BCUT2D eigenvalue weighted by Gasteiger charge is -2.11. The van der Waals surface area contributed by atoms with Crippen molar-refractivity contribution >= 4 is 28.1 Å². The van der Waals surface area contributed by atoms with E-state index in [0.29, 0.717) is 16.1 Å². The number of carbonyl (C=O) groups is 1. The van der Waals surface area contributed by atoms with Crippen molar-refractivity contribution in [2.45, 2.75) is 25.9 Å². The van der Waals surface area contributed by atoms with Crippen molar-refractivity contribution < 1.29 is 22.7 Å². The number of nitrogens with zero attached hydrogens (tertiary/aromatic N) is 1. The predicted octanol–water partition coefficient (Wildman–Crippen LogP) is 5.12. The highest BCUT2D eigenvalue weighted by Crippen LogP contribution is 2.31. The zero-order chi connectivity index (χ0) is 20.0. The summed E-state index contributed by atoms with van der Waals surface area (Å²) < 4.78 is 44.8. The molecule has 0 unspecified atom stereocenters. The van der Waals surface area contributed by atoms with E-state index in [1.165, 1.54) is 18.2 Å². The van der Waals surface area contributed by atoms with E-state index in [-0.39, 0.29) is 12.2 Å². The molecule has 1 N–H and O–H groups in total. The second kappa shape index (κ2) is 9.03. The van der Waals surface area contributed by atoms with Gasteiger partial charge in [-0.2, -0.15) is 18.3 Å². The molecule has 0 spiro atoms. The normalized spacial score (nSPS) is 11.8. The second-order valence-electron chi connectivity index (χ2n) is 6.01. The highest BCUT2D eigenvalue weighted by molar-refractivity contribution is 9.10. The monoisotopic (exact) mass is 442 g/mol.